The van der Waals surface area contributed by atoms with Crippen molar-refractivity contribution in [2.24, 2.45) is 0 Å². The van der Waals surface area contributed by atoms with Crippen LogP contribution in [0, 0.1) is 0 Å². The summed E-state index contributed by atoms with van der Waals surface area (Å²) >= 11 is 0. The maximum Gasteiger partial charge on any atom is 0.231 e. The lowest BCUT2D eigenvalue weighted by atomic mass is 10.0. The Labute approximate surface area is 152 Å². The topological polar surface area (TPSA) is 76.6 Å². The van der Waals surface area contributed by atoms with Crippen LogP contribution in [0.2, 0.25) is 0 Å². The fourth-order valence-corrected chi connectivity index (χ4v) is 3.41. The van der Waals surface area contributed by atoms with E-state index in [2.05, 4.69) is 20.2 Å². The molecule has 2 aliphatic heterocycles. The molecule has 0 aliphatic carbocycles. The summed E-state index contributed by atoms with van der Waals surface area (Å²) in [7, 11) is 0. The van der Waals surface area contributed by atoms with Crippen LogP contribution in [0.15, 0.2) is 36.8 Å². The normalized spacial score (nSPS) is 18.6. The van der Waals surface area contributed by atoms with Crippen molar-refractivity contribution in [3.63, 3.8) is 0 Å². The van der Waals surface area contributed by atoms with Gasteiger partial charge in [-0.3, -0.25) is 9.78 Å². The Balaban J connectivity index is 1.28. The molecule has 1 amide bonds. The molecular formula is C19H22N4O3. The van der Waals surface area contributed by atoms with Crippen molar-refractivity contribution in [2.75, 3.05) is 24.8 Å². The summed E-state index contributed by atoms with van der Waals surface area (Å²) in [6.45, 7) is 1.99. The molecule has 7 nitrogen and oxygen atoms in total. The maximum atomic E-state index is 12.3. The molecule has 1 aromatic carbocycles. The van der Waals surface area contributed by atoms with Crippen LogP contribution < -0.4 is 19.7 Å². The Morgan fingerprint density at radius 2 is 2.19 bits per heavy atom. The first kappa shape index (κ1) is 16.6. The van der Waals surface area contributed by atoms with E-state index in [-0.39, 0.29) is 18.7 Å². The molecule has 1 unspecified atom stereocenters. The highest BCUT2D eigenvalue weighted by molar-refractivity contribution is 5.76. The molecule has 26 heavy (non-hydrogen) atoms. The molecule has 136 valence electrons. The smallest absolute Gasteiger partial charge is 0.231 e. The van der Waals surface area contributed by atoms with E-state index in [4.69, 9.17) is 9.47 Å². The van der Waals surface area contributed by atoms with Gasteiger partial charge >= 0.3 is 0 Å². The number of carbonyl (C=O) groups is 1. The molecule has 7 heteroatoms. The summed E-state index contributed by atoms with van der Waals surface area (Å²) in [5.41, 5.74) is 1.08. The summed E-state index contributed by atoms with van der Waals surface area (Å²) in [4.78, 5) is 23.0. The number of benzene rings is 1. The molecule has 2 aromatic rings. The molecule has 1 aromatic heterocycles. The van der Waals surface area contributed by atoms with Crippen molar-refractivity contribution in [1.29, 1.82) is 0 Å². The molecule has 0 saturated carbocycles. The van der Waals surface area contributed by atoms with Gasteiger partial charge in [0, 0.05) is 37.9 Å². The highest BCUT2D eigenvalue weighted by atomic mass is 16.7. The highest BCUT2D eigenvalue weighted by Gasteiger charge is 2.22. The van der Waals surface area contributed by atoms with Gasteiger partial charge in [-0.05, 0) is 37.0 Å². The number of hydrogen-bond donors (Lipinski definition) is 1. The zero-order valence-corrected chi connectivity index (χ0v) is 14.6. The van der Waals surface area contributed by atoms with Crippen molar-refractivity contribution in [3.05, 3.63) is 42.4 Å². The Morgan fingerprint density at radius 3 is 3.08 bits per heavy atom. The van der Waals surface area contributed by atoms with E-state index in [0.29, 0.717) is 12.8 Å². The molecule has 1 atom stereocenters. The lowest BCUT2D eigenvalue weighted by Gasteiger charge is -2.33. The van der Waals surface area contributed by atoms with E-state index in [1.54, 1.807) is 18.6 Å². The van der Waals surface area contributed by atoms with Gasteiger partial charge in [0.1, 0.15) is 5.82 Å². The minimum absolute atomic E-state index is 0.0775. The second-order valence-corrected chi connectivity index (χ2v) is 6.60. The Bertz CT molecular complexity index is 769. The number of rotatable bonds is 5. The Kier molecular flexibility index (Phi) is 4.86. The number of aromatic nitrogens is 2. The fraction of sp³-hybridized carbons (Fsp3) is 0.421. The number of anilines is 1. The summed E-state index contributed by atoms with van der Waals surface area (Å²) in [6, 6.07) is 5.98. The van der Waals surface area contributed by atoms with Crippen LogP contribution in [0.5, 0.6) is 11.5 Å². The second kappa shape index (κ2) is 7.59. The molecular weight excluding hydrogens is 332 g/mol. The molecule has 0 radical (unpaired) electrons. The van der Waals surface area contributed by atoms with E-state index in [0.717, 1.165) is 48.8 Å². The zero-order chi connectivity index (χ0) is 17.8. The van der Waals surface area contributed by atoms with Crippen LogP contribution >= 0.6 is 0 Å². The van der Waals surface area contributed by atoms with Gasteiger partial charge < -0.3 is 19.7 Å². The highest BCUT2D eigenvalue weighted by Crippen LogP contribution is 2.32. The minimum Gasteiger partial charge on any atom is -0.454 e. The van der Waals surface area contributed by atoms with Crippen LogP contribution in [0.4, 0.5) is 5.82 Å². The minimum atomic E-state index is 0.0775. The lowest BCUT2D eigenvalue weighted by molar-refractivity contribution is -0.121. The largest absolute Gasteiger partial charge is 0.454 e. The van der Waals surface area contributed by atoms with E-state index < -0.39 is 0 Å². The van der Waals surface area contributed by atoms with E-state index in [9.17, 15) is 4.79 Å². The Morgan fingerprint density at radius 1 is 1.27 bits per heavy atom. The standard InChI is InChI=1S/C19H22N4O3/c24-19(6-4-14-3-5-16-17(10-14)26-13-25-16)22-15-2-1-9-23(12-15)18-11-20-7-8-21-18/h3,5,7-8,10-11,15H,1-2,4,6,9,12-13H2,(H,22,24). The number of hydrogen-bond acceptors (Lipinski definition) is 6. The van der Waals surface area contributed by atoms with Gasteiger partial charge in [0.15, 0.2) is 11.5 Å². The summed E-state index contributed by atoms with van der Waals surface area (Å²) in [5, 5.41) is 3.16. The average molecular weight is 354 g/mol. The first-order valence-corrected chi connectivity index (χ1v) is 8.97. The third-order valence-corrected chi connectivity index (χ3v) is 4.74. The number of piperidine rings is 1. The molecule has 0 bridgehead atoms. The predicted octanol–water partition coefficient (Wildman–Crippen LogP) is 1.92. The third-order valence-electron chi connectivity index (χ3n) is 4.74. The van der Waals surface area contributed by atoms with Crippen LogP contribution in [0.1, 0.15) is 24.8 Å². The molecule has 4 rings (SSSR count). The first-order chi connectivity index (χ1) is 12.8. The Hall–Kier alpha value is -2.83. The zero-order valence-electron chi connectivity index (χ0n) is 14.6. The first-order valence-electron chi connectivity index (χ1n) is 8.97. The second-order valence-electron chi connectivity index (χ2n) is 6.60. The summed E-state index contributed by atoms with van der Waals surface area (Å²) in [5.74, 6) is 2.47. The molecule has 1 saturated heterocycles. The number of aryl methyl sites for hydroxylation is 1. The van der Waals surface area contributed by atoms with Crippen LogP contribution in [-0.4, -0.2) is 41.8 Å². The maximum absolute atomic E-state index is 12.3. The van der Waals surface area contributed by atoms with Crippen LogP contribution in [-0.2, 0) is 11.2 Å². The van der Waals surface area contributed by atoms with E-state index >= 15 is 0 Å². The lowest BCUT2D eigenvalue weighted by Crippen LogP contribution is -2.48. The summed E-state index contributed by atoms with van der Waals surface area (Å²) < 4.78 is 10.7. The van der Waals surface area contributed by atoms with Gasteiger partial charge in [-0.1, -0.05) is 6.07 Å². The van der Waals surface area contributed by atoms with E-state index in [1.165, 1.54) is 0 Å². The number of fused-ring (bicyclic) bond motifs is 1. The number of ether oxygens (including phenoxy) is 2. The molecule has 2 aliphatic rings. The van der Waals surface area contributed by atoms with Crippen molar-refractivity contribution in [2.45, 2.75) is 31.7 Å². The van der Waals surface area contributed by atoms with Gasteiger partial charge in [0.2, 0.25) is 12.7 Å². The monoisotopic (exact) mass is 354 g/mol. The van der Waals surface area contributed by atoms with E-state index in [1.807, 2.05) is 18.2 Å². The van der Waals surface area contributed by atoms with Crippen LogP contribution in [0.3, 0.4) is 0 Å². The van der Waals surface area contributed by atoms with Gasteiger partial charge in [0.05, 0.1) is 6.20 Å². The number of nitrogens with one attached hydrogen (secondary N) is 1. The predicted molar refractivity (Wildman–Crippen MR) is 96.3 cm³/mol. The number of carbonyl (C=O) groups excluding carboxylic acids is 1. The van der Waals surface area contributed by atoms with Gasteiger partial charge in [-0.25, -0.2) is 4.98 Å². The third kappa shape index (κ3) is 3.87. The molecule has 1 N–H and O–H groups in total. The number of amides is 1. The van der Waals surface area contributed by atoms with Crippen molar-refractivity contribution in [1.82, 2.24) is 15.3 Å². The molecule has 1 fully saturated rings. The van der Waals surface area contributed by atoms with Crippen molar-refractivity contribution >= 4 is 11.7 Å². The SMILES string of the molecule is O=C(CCc1ccc2c(c1)OCO2)NC1CCCN(c2cnccn2)C1. The summed E-state index contributed by atoms with van der Waals surface area (Å²) in [6.07, 6.45) is 8.30. The van der Waals surface area contributed by atoms with Gasteiger partial charge in [0.25, 0.3) is 0 Å². The van der Waals surface area contributed by atoms with Gasteiger partial charge in [-0.15, -0.1) is 0 Å². The van der Waals surface area contributed by atoms with Crippen molar-refractivity contribution < 1.29 is 14.3 Å². The molecule has 0 spiro atoms. The average Bonchev–Trinajstić information content (AvgIpc) is 3.15. The quantitative estimate of drug-likeness (QED) is 0.884. The van der Waals surface area contributed by atoms with Gasteiger partial charge in [-0.2, -0.15) is 0 Å². The van der Waals surface area contributed by atoms with Crippen molar-refractivity contribution in [3.8, 4) is 11.5 Å². The van der Waals surface area contributed by atoms with Crippen LogP contribution in [0.25, 0.3) is 0 Å². The fourth-order valence-electron chi connectivity index (χ4n) is 3.41. The number of nitrogens with zero attached hydrogens (tertiary/aromatic N) is 3. The molecule has 3 heterocycles.